The molecule has 1 N–H and O–H groups in total. The van der Waals surface area contributed by atoms with E-state index in [-0.39, 0.29) is 0 Å². The van der Waals surface area contributed by atoms with Gasteiger partial charge in [-0.05, 0) is 42.3 Å². The Morgan fingerprint density at radius 2 is 1.84 bits per heavy atom. The predicted octanol–water partition coefficient (Wildman–Crippen LogP) is 4.76. The molecule has 1 amide bonds. The van der Waals surface area contributed by atoms with E-state index in [9.17, 15) is 10.1 Å². The van der Waals surface area contributed by atoms with Crippen LogP contribution in [0.25, 0.3) is 11.6 Å². The van der Waals surface area contributed by atoms with Gasteiger partial charge < -0.3 is 19.7 Å². The van der Waals surface area contributed by atoms with Gasteiger partial charge in [0.05, 0.1) is 25.3 Å². The van der Waals surface area contributed by atoms with Gasteiger partial charge in [0, 0.05) is 30.9 Å². The molecule has 0 heterocycles. The molecule has 0 saturated heterocycles. The average Bonchev–Trinajstić information content (AvgIpc) is 2.82. The number of nitrogens with zero attached hydrogens (tertiary/aromatic N) is 2. The van der Waals surface area contributed by atoms with E-state index in [4.69, 9.17) is 9.47 Å². The highest BCUT2D eigenvalue weighted by Gasteiger charge is 2.13. The lowest BCUT2D eigenvalue weighted by Crippen LogP contribution is -2.19. The first kappa shape index (κ1) is 25.6. The average molecular weight is 424 g/mol. The van der Waals surface area contributed by atoms with Crippen molar-refractivity contribution in [1.29, 1.82) is 5.26 Å². The van der Waals surface area contributed by atoms with Gasteiger partial charge in [-0.15, -0.1) is 0 Å². The summed E-state index contributed by atoms with van der Waals surface area (Å²) in [6.45, 7) is 7.85. The maximum Gasteiger partial charge on any atom is 0.207 e. The van der Waals surface area contributed by atoms with E-state index in [0.717, 1.165) is 35.5 Å². The highest BCUT2D eigenvalue weighted by atomic mass is 16.5. The summed E-state index contributed by atoms with van der Waals surface area (Å²) in [4.78, 5) is 12.4. The van der Waals surface area contributed by atoms with Crippen LogP contribution in [0.4, 0.5) is 5.69 Å². The monoisotopic (exact) mass is 423 g/mol. The van der Waals surface area contributed by atoms with Crippen molar-refractivity contribution in [3.63, 3.8) is 0 Å². The minimum Gasteiger partial charge on any atom is -0.497 e. The fraction of sp³-hybridized carbons (Fsp3) is 0.360. The molecule has 0 saturated carbocycles. The van der Waals surface area contributed by atoms with Crippen LogP contribution in [-0.4, -0.2) is 40.3 Å². The van der Waals surface area contributed by atoms with E-state index in [2.05, 4.69) is 23.2 Å². The van der Waals surface area contributed by atoms with E-state index < -0.39 is 0 Å². The number of ether oxygens (including phenoxy) is 2. The summed E-state index contributed by atoms with van der Waals surface area (Å²) in [6, 6.07) is 15.6. The van der Waals surface area contributed by atoms with Crippen LogP contribution in [0.2, 0.25) is 0 Å². The molecule has 0 spiro atoms. The van der Waals surface area contributed by atoms with Gasteiger partial charge >= 0.3 is 0 Å². The first-order chi connectivity index (χ1) is 15.1. The fourth-order valence-corrected chi connectivity index (χ4v) is 2.92. The highest BCUT2D eigenvalue weighted by molar-refractivity contribution is 5.94. The maximum absolute atomic E-state index is 10.2. The van der Waals surface area contributed by atoms with Crippen molar-refractivity contribution >= 4 is 23.7 Å². The molecule has 0 radical (unpaired) electrons. The minimum atomic E-state index is 0.399. The molecule has 2 aromatic carbocycles. The number of anilines is 1. The third kappa shape index (κ3) is 8.06. The van der Waals surface area contributed by atoms with Gasteiger partial charge in [-0.2, -0.15) is 5.26 Å². The molecule has 2 aromatic rings. The third-order valence-electron chi connectivity index (χ3n) is 4.38. The van der Waals surface area contributed by atoms with E-state index >= 15 is 0 Å². The van der Waals surface area contributed by atoms with Crippen LogP contribution in [0.5, 0.6) is 11.5 Å². The largest absolute Gasteiger partial charge is 0.497 e. The van der Waals surface area contributed by atoms with E-state index in [1.807, 2.05) is 69.4 Å². The second kappa shape index (κ2) is 14.5. The summed E-state index contributed by atoms with van der Waals surface area (Å²) in [6.07, 6.45) is 3.51. The minimum absolute atomic E-state index is 0.399. The molecule has 6 heteroatoms. The van der Waals surface area contributed by atoms with E-state index in [0.29, 0.717) is 30.9 Å². The molecule has 31 heavy (non-hydrogen) atoms. The number of rotatable bonds is 11. The number of amides is 1. The zero-order chi connectivity index (χ0) is 23.1. The Morgan fingerprint density at radius 3 is 2.42 bits per heavy atom. The lowest BCUT2D eigenvalue weighted by Gasteiger charge is -2.22. The van der Waals surface area contributed by atoms with Crippen molar-refractivity contribution in [1.82, 2.24) is 5.32 Å². The first-order valence-electron chi connectivity index (χ1n) is 10.5. The fourth-order valence-electron chi connectivity index (χ4n) is 2.92. The predicted molar refractivity (Wildman–Crippen MR) is 127 cm³/mol. The Kier molecular flexibility index (Phi) is 12.0. The van der Waals surface area contributed by atoms with Crippen molar-refractivity contribution < 1.29 is 14.3 Å². The molecule has 0 aliphatic heterocycles. The topological polar surface area (TPSA) is 74.6 Å². The number of carbonyl (C=O) groups is 1. The maximum atomic E-state index is 10.2. The number of carbonyl (C=O) groups excluding carboxylic acids is 1. The zero-order valence-electron chi connectivity index (χ0n) is 19.1. The van der Waals surface area contributed by atoms with Crippen LogP contribution in [0.3, 0.4) is 0 Å². The summed E-state index contributed by atoms with van der Waals surface area (Å²) in [5.74, 6) is 1.47. The summed E-state index contributed by atoms with van der Waals surface area (Å²) >= 11 is 0. The number of allylic oxidation sites excluding steroid dienone is 1. The SMILES string of the molecule is CC.CCCN(C)c1cc(OC)ccc1/C(C#N)=C/c1ccc(OCCNC=O)cc1. The van der Waals surface area contributed by atoms with Crippen molar-refractivity contribution in [3.8, 4) is 17.6 Å². The molecule has 0 bridgehead atoms. The molecule has 0 aliphatic carbocycles. The summed E-state index contributed by atoms with van der Waals surface area (Å²) < 4.78 is 10.9. The Hall–Kier alpha value is -3.46. The number of hydrogen-bond acceptors (Lipinski definition) is 5. The third-order valence-corrected chi connectivity index (χ3v) is 4.38. The second-order valence-corrected chi connectivity index (χ2v) is 6.46. The van der Waals surface area contributed by atoms with E-state index in [1.165, 1.54) is 0 Å². The molecule has 6 nitrogen and oxygen atoms in total. The molecule has 2 rings (SSSR count). The van der Waals surface area contributed by atoms with Gasteiger partial charge in [0.1, 0.15) is 18.1 Å². The highest BCUT2D eigenvalue weighted by Crippen LogP contribution is 2.32. The molecule has 0 fully saturated rings. The number of hydrogen-bond donors (Lipinski definition) is 1. The van der Waals surface area contributed by atoms with Crippen LogP contribution in [0.1, 0.15) is 38.3 Å². The quantitative estimate of drug-likeness (QED) is 0.244. The van der Waals surface area contributed by atoms with Crippen molar-refractivity contribution in [2.75, 3.05) is 38.8 Å². The van der Waals surface area contributed by atoms with Gasteiger partial charge in [-0.25, -0.2) is 0 Å². The Bertz CT molecular complexity index is 871. The van der Waals surface area contributed by atoms with Crippen LogP contribution in [0, 0.1) is 11.3 Å². The van der Waals surface area contributed by atoms with Crippen molar-refractivity contribution in [2.24, 2.45) is 0 Å². The van der Waals surface area contributed by atoms with Crippen LogP contribution < -0.4 is 19.7 Å². The number of nitrogens with one attached hydrogen (secondary N) is 1. The molecule has 166 valence electrons. The summed E-state index contributed by atoms with van der Waals surface area (Å²) in [5, 5.41) is 12.3. The Balaban J connectivity index is 0.00000233. The Morgan fingerprint density at radius 1 is 1.16 bits per heavy atom. The van der Waals surface area contributed by atoms with Gasteiger partial charge in [0.25, 0.3) is 0 Å². The van der Waals surface area contributed by atoms with Gasteiger partial charge in [0.15, 0.2) is 0 Å². The lowest BCUT2D eigenvalue weighted by molar-refractivity contribution is -0.109. The zero-order valence-corrected chi connectivity index (χ0v) is 19.1. The molecule has 0 aromatic heterocycles. The molecular weight excluding hydrogens is 390 g/mol. The van der Waals surface area contributed by atoms with Crippen LogP contribution in [0.15, 0.2) is 42.5 Å². The molecule has 0 atom stereocenters. The second-order valence-electron chi connectivity index (χ2n) is 6.46. The smallest absolute Gasteiger partial charge is 0.207 e. The molecule has 0 unspecified atom stereocenters. The van der Waals surface area contributed by atoms with Gasteiger partial charge in [-0.1, -0.05) is 32.9 Å². The first-order valence-corrected chi connectivity index (χ1v) is 10.5. The Labute approximate surface area is 186 Å². The number of benzene rings is 2. The van der Waals surface area contributed by atoms with E-state index in [1.54, 1.807) is 7.11 Å². The summed E-state index contributed by atoms with van der Waals surface area (Å²) in [5.41, 5.74) is 3.31. The number of nitriles is 1. The molecule has 0 aliphatic rings. The normalized spacial score (nSPS) is 10.3. The van der Waals surface area contributed by atoms with Crippen molar-refractivity contribution in [2.45, 2.75) is 27.2 Å². The summed E-state index contributed by atoms with van der Waals surface area (Å²) in [7, 11) is 3.65. The van der Waals surface area contributed by atoms with Gasteiger partial charge in [-0.3, -0.25) is 4.79 Å². The number of methoxy groups -OCH3 is 1. The van der Waals surface area contributed by atoms with Crippen LogP contribution in [-0.2, 0) is 4.79 Å². The standard InChI is InChI=1S/C23H27N3O3.C2H6/c1-4-12-26(2)23-15-21(28-3)9-10-22(23)19(16-24)14-18-5-7-20(8-6-18)29-13-11-25-17-27;1-2/h5-10,14-15,17H,4,11-13H2,1-3H3,(H,25,27);1-2H3/b19-14+;. The van der Waals surface area contributed by atoms with Gasteiger partial charge in [0.2, 0.25) is 6.41 Å². The van der Waals surface area contributed by atoms with Crippen molar-refractivity contribution in [3.05, 3.63) is 53.6 Å². The lowest BCUT2D eigenvalue weighted by atomic mass is 10.0. The molecular formula is C25H33N3O3. The van der Waals surface area contributed by atoms with Crippen LogP contribution >= 0.6 is 0 Å².